The number of benzene rings is 4. The Labute approximate surface area is 307 Å². The van der Waals surface area contributed by atoms with Gasteiger partial charge in [0.15, 0.2) is 6.10 Å². The first kappa shape index (κ1) is 41.3. The molecule has 0 heterocycles. The van der Waals surface area contributed by atoms with Crippen molar-refractivity contribution in [3.63, 3.8) is 0 Å². The molecule has 0 spiro atoms. The van der Waals surface area contributed by atoms with Crippen molar-refractivity contribution < 1.29 is 50.4 Å². The summed E-state index contributed by atoms with van der Waals surface area (Å²) in [5, 5.41) is 0. The third-order valence-corrected chi connectivity index (χ3v) is 13.4. The molecule has 0 saturated heterocycles. The number of hydrogen-bond acceptors (Lipinski definition) is 12. The van der Waals surface area contributed by atoms with Gasteiger partial charge in [-0.1, -0.05) is 83.1 Å². The highest BCUT2D eigenvalue weighted by Crippen LogP contribution is 2.38. The van der Waals surface area contributed by atoms with E-state index in [0.717, 1.165) is 58.7 Å². The first-order valence-electron chi connectivity index (χ1n) is 16.6. The van der Waals surface area contributed by atoms with E-state index < -0.39 is 78.6 Å². The Morgan fingerprint density at radius 2 is 0.635 bits per heavy atom. The van der Waals surface area contributed by atoms with Crippen molar-refractivity contribution in [3.8, 4) is 0 Å². The topological polar surface area (TPSA) is 173 Å². The monoisotopic (exact) mass is 794 g/mol. The molecule has 282 valence electrons. The molecule has 12 nitrogen and oxygen atoms in total. The average molecular weight is 795 g/mol. The molecule has 0 aromatic heterocycles. The van der Waals surface area contributed by atoms with Crippen LogP contribution in [-0.2, 0) is 82.9 Å². The highest BCUT2D eigenvalue weighted by Gasteiger charge is 2.56. The van der Waals surface area contributed by atoms with Gasteiger partial charge in [0.05, 0.1) is 19.6 Å². The standard InChI is InChI=1S/C36H42O12S4/c1-6-27-11-19-31(20-12-27)49(37,38)45-35(10-5)36(46-50(39,40)32-21-13-28(7-2)14-22-32,47-51(41,42)33-23-15-29(8-3)16-24-33)48-52(43,44)34-25-17-30(9-4)18-26-34/h11-26,35H,6-10H2,1-5H3. The van der Waals surface area contributed by atoms with Crippen LogP contribution in [0.5, 0.6) is 0 Å². The maximum Gasteiger partial charge on any atom is 0.356 e. The lowest BCUT2D eigenvalue weighted by molar-refractivity contribution is -0.289. The van der Waals surface area contributed by atoms with Gasteiger partial charge in [0.1, 0.15) is 0 Å². The van der Waals surface area contributed by atoms with Gasteiger partial charge < -0.3 is 0 Å². The van der Waals surface area contributed by atoms with Crippen molar-refractivity contribution in [2.45, 2.75) is 98.4 Å². The SMILES string of the molecule is CCc1ccc(S(=O)(=O)OC(CC)C(OS(=O)(=O)c2ccc(CC)cc2)(OS(=O)(=O)c2ccc(CC)cc2)OS(=O)(=O)c2ccc(CC)cc2)cc1. The zero-order chi connectivity index (χ0) is 38.4. The molecular weight excluding hydrogens is 753 g/mol. The van der Waals surface area contributed by atoms with Crippen molar-refractivity contribution in [1.29, 1.82) is 0 Å². The summed E-state index contributed by atoms with van der Waals surface area (Å²) in [6.45, 7) is 8.64. The predicted octanol–water partition coefficient (Wildman–Crippen LogP) is 6.29. The Balaban J connectivity index is 1.99. The van der Waals surface area contributed by atoms with E-state index in [1.54, 1.807) is 0 Å². The van der Waals surface area contributed by atoms with Gasteiger partial charge in [-0.2, -0.15) is 46.2 Å². The van der Waals surface area contributed by atoms with E-state index in [1.807, 2.05) is 27.7 Å². The van der Waals surface area contributed by atoms with Crippen LogP contribution in [0.2, 0.25) is 0 Å². The number of rotatable bonds is 18. The third kappa shape index (κ3) is 9.73. The highest BCUT2D eigenvalue weighted by atomic mass is 32.2. The molecule has 4 aromatic rings. The van der Waals surface area contributed by atoms with Gasteiger partial charge in [-0.25, -0.2) is 0 Å². The van der Waals surface area contributed by atoms with Crippen LogP contribution in [-0.4, -0.2) is 45.7 Å². The molecule has 0 saturated carbocycles. The molecule has 0 amide bonds. The molecule has 0 radical (unpaired) electrons. The Morgan fingerprint density at radius 1 is 0.404 bits per heavy atom. The minimum absolute atomic E-state index is 0.397. The van der Waals surface area contributed by atoms with Crippen molar-refractivity contribution in [3.05, 3.63) is 119 Å². The first-order valence-corrected chi connectivity index (χ1v) is 22.2. The largest absolute Gasteiger partial charge is 0.356 e. The molecule has 0 fully saturated rings. The number of aryl methyl sites for hydroxylation is 4. The van der Waals surface area contributed by atoms with Crippen LogP contribution in [0.1, 0.15) is 63.3 Å². The molecule has 0 aliphatic heterocycles. The fraction of sp³-hybridized carbons (Fsp3) is 0.333. The van der Waals surface area contributed by atoms with Gasteiger partial charge in [0.2, 0.25) is 0 Å². The first-order chi connectivity index (χ1) is 24.4. The smallest absolute Gasteiger partial charge is 0.254 e. The second kappa shape index (κ2) is 16.7. The van der Waals surface area contributed by atoms with Crippen molar-refractivity contribution in [1.82, 2.24) is 0 Å². The quantitative estimate of drug-likeness (QED) is 0.0815. The normalized spacial score (nSPS) is 13.6. The van der Waals surface area contributed by atoms with Gasteiger partial charge in [-0.15, -0.1) is 0 Å². The second-order valence-corrected chi connectivity index (χ2v) is 17.9. The second-order valence-electron chi connectivity index (χ2n) is 11.7. The van der Waals surface area contributed by atoms with Crippen LogP contribution in [0, 0.1) is 0 Å². The maximum absolute atomic E-state index is 14.0. The summed E-state index contributed by atoms with van der Waals surface area (Å²) >= 11 is 0. The molecule has 1 unspecified atom stereocenters. The molecule has 4 rings (SSSR count). The van der Waals surface area contributed by atoms with Gasteiger partial charge in [0.25, 0.3) is 10.1 Å². The molecule has 0 bridgehead atoms. The fourth-order valence-corrected chi connectivity index (χ4v) is 9.37. The zero-order valence-corrected chi connectivity index (χ0v) is 32.6. The lowest BCUT2D eigenvalue weighted by Gasteiger charge is -2.35. The average Bonchev–Trinajstić information content (AvgIpc) is 3.13. The van der Waals surface area contributed by atoms with E-state index in [9.17, 15) is 33.7 Å². The molecule has 4 aromatic carbocycles. The minimum Gasteiger partial charge on any atom is -0.254 e. The van der Waals surface area contributed by atoms with E-state index in [0.29, 0.717) is 25.7 Å². The molecule has 1 atom stereocenters. The van der Waals surface area contributed by atoms with E-state index in [2.05, 4.69) is 0 Å². The van der Waals surface area contributed by atoms with Gasteiger partial charge >= 0.3 is 36.3 Å². The molecule has 0 N–H and O–H groups in total. The fourth-order valence-electron chi connectivity index (χ4n) is 4.96. The van der Waals surface area contributed by atoms with Crippen LogP contribution in [0.4, 0.5) is 0 Å². The van der Waals surface area contributed by atoms with E-state index >= 15 is 0 Å². The number of hydrogen-bond donors (Lipinski definition) is 0. The van der Waals surface area contributed by atoms with Gasteiger partial charge in [-0.05, 0) is 103 Å². The summed E-state index contributed by atoms with van der Waals surface area (Å²) in [6, 6.07) is 21.2. The molecular formula is C36H42O12S4. The summed E-state index contributed by atoms with van der Waals surface area (Å²) in [6.07, 6.45) is -0.755. The Morgan fingerprint density at radius 3 is 0.846 bits per heavy atom. The summed E-state index contributed by atoms with van der Waals surface area (Å²) in [5.74, 6) is -3.82. The van der Waals surface area contributed by atoms with Crippen LogP contribution in [0.3, 0.4) is 0 Å². The Hall–Kier alpha value is -3.48. The van der Waals surface area contributed by atoms with Crippen molar-refractivity contribution >= 4 is 40.5 Å². The predicted molar refractivity (Wildman–Crippen MR) is 193 cm³/mol. The minimum atomic E-state index is -5.21. The molecule has 0 aliphatic rings. The third-order valence-electron chi connectivity index (χ3n) is 8.17. The van der Waals surface area contributed by atoms with Crippen LogP contribution in [0.15, 0.2) is 117 Å². The van der Waals surface area contributed by atoms with E-state index in [4.69, 9.17) is 16.7 Å². The van der Waals surface area contributed by atoms with Gasteiger partial charge in [-0.3, -0.25) is 4.18 Å². The van der Waals surface area contributed by atoms with Crippen LogP contribution in [0.25, 0.3) is 0 Å². The van der Waals surface area contributed by atoms with Crippen molar-refractivity contribution in [2.75, 3.05) is 0 Å². The lowest BCUT2D eigenvalue weighted by atomic mass is 10.2. The van der Waals surface area contributed by atoms with Gasteiger partial charge in [0, 0.05) is 0 Å². The Kier molecular flexibility index (Phi) is 13.2. The van der Waals surface area contributed by atoms with Crippen LogP contribution < -0.4 is 0 Å². The lowest BCUT2D eigenvalue weighted by Crippen LogP contribution is -2.54. The highest BCUT2D eigenvalue weighted by molar-refractivity contribution is 7.88. The van der Waals surface area contributed by atoms with E-state index in [-0.39, 0.29) is 0 Å². The summed E-state index contributed by atoms with van der Waals surface area (Å²) in [7, 11) is -20.5. The van der Waals surface area contributed by atoms with Crippen LogP contribution >= 0.6 is 0 Å². The molecule has 16 heteroatoms. The van der Waals surface area contributed by atoms with Crippen molar-refractivity contribution in [2.24, 2.45) is 0 Å². The maximum atomic E-state index is 14.0. The zero-order valence-electron chi connectivity index (χ0n) is 29.4. The summed E-state index contributed by atoms with van der Waals surface area (Å²) in [4.78, 5) is -2.01. The summed E-state index contributed by atoms with van der Waals surface area (Å²) in [5.41, 5.74) is 3.01. The summed E-state index contributed by atoms with van der Waals surface area (Å²) < 4.78 is 133. The van der Waals surface area contributed by atoms with E-state index in [1.165, 1.54) is 67.6 Å². The molecule has 52 heavy (non-hydrogen) atoms. The Bertz CT molecular complexity index is 2060. The molecule has 0 aliphatic carbocycles.